The van der Waals surface area contributed by atoms with Gasteiger partial charge in [-0.2, -0.15) is 0 Å². The minimum Gasteiger partial charge on any atom is -0.422 e. The second-order valence-electron chi connectivity index (χ2n) is 3.71. The van der Waals surface area contributed by atoms with E-state index in [9.17, 15) is 9.59 Å². The summed E-state index contributed by atoms with van der Waals surface area (Å²) in [6.45, 7) is 6.50. The van der Waals surface area contributed by atoms with Gasteiger partial charge in [0, 0.05) is 19.0 Å². The zero-order chi connectivity index (χ0) is 14.1. The molecule has 7 nitrogen and oxygen atoms in total. The Hall–Kier alpha value is -1.60. The van der Waals surface area contributed by atoms with E-state index in [1.54, 1.807) is 0 Å². The van der Waals surface area contributed by atoms with Crippen LogP contribution in [0.25, 0.3) is 0 Å². The molecule has 0 aromatic heterocycles. The van der Waals surface area contributed by atoms with Crippen molar-refractivity contribution in [2.75, 3.05) is 6.54 Å². The van der Waals surface area contributed by atoms with E-state index < -0.39 is 24.6 Å². The molecule has 0 fully saturated rings. The molecule has 0 heterocycles. The fourth-order valence-corrected chi connectivity index (χ4v) is 0.943. The summed E-state index contributed by atoms with van der Waals surface area (Å²) in [6, 6.07) is 0. The van der Waals surface area contributed by atoms with Gasteiger partial charge < -0.3 is 25.0 Å². The van der Waals surface area contributed by atoms with E-state index in [0.29, 0.717) is 6.42 Å². The molecule has 1 atom stereocenters. The lowest BCUT2D eigenvalue weighted by atomic mass is 10.3. The molecule has 1 unspecified atom stereocenters. The number of hydrogen-bond donors (Lipinski definition) is 3. The standard InChI is InChI=1S/C11H19NO6/c1-7(2)10(15)17-8(3)18-11(16)12-6-4-5-9(13)14/h8-9,13-14H,1,4-6H2,2-3H3,(H,12,16). The number of amides is 1. The lowest BCUT2D eigenvalue weighted by Crippen LogP contribution is -2.31. The molecule has 104 valence electrons. The first-order valence-electron chi connectivity index (χ1n) is 5.50. The largest absolute Gasteiger partial charge is 0.422 e. The number of hydrogen-bond acceptors (Lipinski definition) is 6. The van der Waals surface area contributed by atoms with Gasteiger partial charge in [0.1, 0.15) is 0 Å². The highest BCUT2D eigenvalue weighted by Crippen LogP contribution is 2.00. The SMILES string of the molecule is C=C(C)C(=O)OC(C)OC(=O)NCCCC(O)O. The molecule has 0 radical (unpaired) electrons. The van der Waals surface area contributed by atoms with Crippen LogP contribution in [0, 0.1) is 0 Å². The molecule has 0 bridgehead atoms. The lowest BCUT2D eigenvalue weighted by Gasteiger charge is -2.14. The summed E-state index contributed by atoms with van der Waals surface area (Å²) in [4.78, 5) is 22.3. The number of ether oxygens (including phenoxy) is 2. The minimum atomic E-state index is -1.39. The van der Waals surface area contributed by atoms with Crippen molar-refractivity contribution in [2.45, 2.75) is 39.3 Å². The molecule has 18 heavy (non-hydrogen) atoms. The second kappa shape index (κ2) is 8.48. The first kappa shape index (κ1) is 16.4. The van der Waals surface area contributed by atoms with E-state index >= 15 is 0 Å². The first-order valence-corrected chi connectivity index (χ1v) is 5.50. The smallest absolute Gasteiger partial charge is 0.410 e. The highest BCUT2D eigenvalue weighted by molar-refractivity contribution is 5.87. The predicted octanol–water partition coefficient (Wildman–Crippen LogP) is 0.269. The van der Waals surface area contributed by atoms with Gasteiger partial charge in [-0.1, -0.05) is 6.58 Å². The molecule has 0 aliphatic rings. The molecule has 0 spiro atoms. The number of carbonyl (C=O) groups excluding carboxylic acids is 2. The summed E-state index contributed by atoms with van der Waals surface area (Å²) >= 11 is 0. The molecular formula is C11H19NO6. The quantitative estimate of drug-likeness (QED) is 0.263. The Balaban J connectivity index is 3.74. The van der Waals surface area contributed by atoms with Crippen LogP contribution >= 0.6 is 0 Å². The number of alkyl carbamates (subject to hydrolysis) is 1. The van der Waals surface area contributed by atoms with Gasteiger partial charge in [-0.3, -0.25) is 0 Å². The van der Waals surface area contributed by atoms with E-state index in [1.165, 1.54) is 13.8 Å². The molecule has 1 amide bonds. The van der Waals surface area contributed by atoms with Crippen LogP contribution in [0.4, 0.5) is 4.79 Å². The maximum Gasteiger partial charge on any atom is 0.410 e. The van der Waals surface area contributed by atoms with Crippen molar-refractivity contribution >= 4 is 12.1 Å². The zero-order valence-electron chi connectivity index (χ0n) is 10.5. The van der Waals surface area contributed by atoms with Crippen molar-refractivity contribution in [3.05, 3.63) is 12.2 Å². The van der Waals surface area contributed by atoms with E-state index in [4.69, 9.17) is 19.7 Å². The predicted molar refractivity (Wildman–Crippen MR) is 62.3 cm³/mol. The first-order chi connectivity index (χ1) is 8.32. The van der Waals surface area contributed by atoms with Crippen LogP contribution in [0.3, 0.4) is 0 Å². The average Bonchev–Trinajstić information content (AvgIpc) is 2.23. The number of aliphatic hydroxyl groups excluding tert-OH is 1. The molecule has 3 N–H and O–H groups in total. The zero-order valence-corrected chi connectivity index (χ0v) is 10.5. The van der Waals surface area contributed by atoms with E-state index in [0.717, 1.165) is 0 Å². The Labute approximate surface area is 105 Å². The van der Waals surface area contributed by atoms with Crippen molar-refractivity contribution in [2.24, 2.45) is 0 Å². The highest BCUT2D eigenvalue weighted by Gasteiger charge is 2.13. The number of rotatable bonds is 7. The van der Waals surface area contributed by atoms with Gasteiger partial charge in [-0.05, 0) is 19.8 Å². The van der Waals surface area contributed by atoms with Gasteiger partial charge in [0.2, 0.25) is 6.29 Å². The fourth-order valence-electron chi connectivity index (χ4n) is 0.943. The van der Waals surface area contributed by atoms with E-state index in [2.05, 4.69) is 11.9 Å². The van der Waals surface area contributed by atoms with Crippen molar-refractivity contribution in [1.29, 1.82) is 0 Å². The monoisotopic (exact) mass is 261 g/mol. The number of aliphatic hydroxyl groups is 2. The Kier molecular flexibility index (Phi) is 7.73. The lowest BCUT2D eigenvalue weighted by molar-refractivity contribution is -0.159. The van der Waals surface area contributed by atoms with Crippen LogP contribution in [0.15, 0.2) is 12.2 Å². The van der Waals surface area contributed by atoms with Crippen LogP contribution in [0.2, 0.25) is 0 Å². The molecule has 0 aromatic carbocycles. The summed E-state index contributed by atoms with van der Waals surface area (Å²) in [5, 5.41) is 19.5. The third-order valence-electron chi connectivity index (χ3n) is 1.80. The fraction of sp³-hybridized carbons (Fsp3) is 0.636. The van der Waals surface area contributed by atoms with Crippen LogP contribution in [0.5, 0.6) is 0 Å². The van der Waals surface area contributed by atoms with Crippen molar-refractivity contribution in [3.8, 4) is 0 Å². The average molecular weight is 261 g/mol. The molecule has 0 rings (SSSR count). The molecular weight excluding hydrogens is 242 g/mol. The molecule has 0 saturated heterocycles. The van der Waals surface area contributed by atoms with Crippen molar-refractivity contribution < 1.29 is 29.3 Å². The normalized spacial score (nSPS) is 11.8. The summed E-state index contributed by atoms with van der Waals surface area (Å²) in [7, 11) is 0. The molecule has 0 aromatic rings. The van der Waals surface area contributed by atoms with Gasteiger partial charge in [-0.15, -0.1) is 0 Å². The molecule has 7 heteroatoms. The van der Waals surface area contributed by atoms with Crippen LogP contribution in [-0.4, -0.2) is 41.4 Å². The van der Waals surface area contributed by atoms with Crippen molar-refractivity contribution in [1.82, 2.24) is 5.32 Å². The van der Waals surface area contributed by atoms with E-state index in [1.807, 2.05) is 0 Å². The number of nitrogens with one attached hydrogen (secondary N) is 1. The topological polar surface area (TPSA) is 105 Å². The third-order valence-corrected chi connectivity index (χ3v) is 1.80. The summed E-state index contributed by atoms with van der Waals surface area (Å²) < 4.78 is 9.44. The molecule has 0 saturated carbocycles. The van der Waals surface area contributed by atoms with Crippen LogP contribution < -0.4 is 5.32 Å². The van der Waals surface area contributed by atoms with Crippen LogP contribution in [-0.2, 0) is 14.3 Å². The second-order valence-corrected chi connectivity index (χ2v) is 3.71. The summed E-state index contributed by atoms with van der Waals surface area (Å²) in [5.74, 6) is -0.640. The third kappa shape index (κ3) is 8.54. The van der Waals surface area contributed by atoms with Gasteiger partial charge in [0.05, 0.1) is 0 Å². The molecule has 0 aliphatic carbocycles. The maximum atomic E-state index is 11.2. The van der Waals surface area contributed by atoms with E-state index in [-0.39, 0.29) is 18.5 Å². The Morgan fingerprint density at radius 3 is 2.44 bits per heavy atom. The van der Waals surface area contributed by atoms with Gasteiger partial charge >= 0.3 is 12.1 Å². The van der Waals surface area contributed by atoms with Gasteiger partial charge in [-0.25, -0.2) is 9.59 Å². The Bertz CT molecular complexity index is 302. The Morgan fingerprint density at radius 1 is 1.33 bits per heavy atom. The van der Waals surface area contributed by atoms with Crippen molar-refractivity contribution in [3.63, 3.8) is 0 Å². The van der Waals surface area contributed by atoms with Crippen LogP contribution in [0.1, 0.15) is 26.7 Å². The van der Waals surface area contributed by atoms with Gasteiger partial charge in [0.15, 0.2) is 6.29 Å². The van der Waals surface area contributed by atoms with Gasteiger partial charge in [0.25, 0.3) is 0 Å². The number of esters is 1. The highest BCUT2D eigenvalue weighted by atomic mass is 16.7. The summed E-state index contributed by atoms with van der Waals surface area (Å²) in [5.41, 5.74) is 0.211. The number of carbonyl (C=O) groups is 2. The molecule has 0 aliphatic heterocycles. The Morgan fingerprint density at radius 2 is 1.94 bits per heavy atom. The summed E-state index contributed by atoms with van der Waals surface area (Å²) in [6.07, 6.45) is -2.60. The maximum absolute atomic E-state index is 11.2. The minimum absolute atomic E-state index is 0.153.